The van der Waals surface area contributed by atoms with E-state index in [4.69, 9.17) is 33.0 Å². The van der Waals surface area contributed by atoms with Gasteiger partial charge in [-0.05, 0) is 18.2 Å². The van der Waals surface area contributed by atoms with Crippen LogP contribution in [0.1, 0.15) is 16.8 Å². The summed E-state index contributed by atoms with van der Waals surface area (Å²) in [5.74, 6) is -1.26. The van der Waals surface area contributed by atoms with Crippen molar-refractivity contribution in [2.45, 2.75) is 12.5 Å². The van der Waals surface area contributed by atoms with Gasteiger partial charge in [0.25, 0.3) is 5.91 Å². The molecule has 0 saturated carbocycles. The lowest BCUT2D eigenvalue weighted by Crippen LogP contribution is -2.49. The minimum absolute atomic E-state index is 0.153. The molecule has 1 atom stereocenters. The molecule has 1 amide bonds. The number of halogens is 2. The van der Waals surface area contributed by atoms with Crippen LogP contribution in [0.15, 0.2) is 18.2 Å². The molecule has 0 radical (unpaired) electrons. The van der Waals surface area contributed by atoms with Gasteiger partial charge < -0.3 is 14.7 Å². The highest BCUT2D eigenvalue weighted by molar-refractivity contribution is 6.35. The molecule has 0 bridgehead atoms. The molecule has 1 heterocycles. The van der Waals surface area contributed by atoms with Crippen molar-refractivity contribution in [1.29, 1.82) is 0 Å². The van der Waals surface area contributed by atoms with Crippen molar-refractivity contribution in [2.24, 2.45) is 0 Å². The number of nitrogens with zero attached hydrogens (tertiary/aromatic N) is 1. The van der Waals surface area contributed by atoms with E-state index < -0.39 is 12.0 Å². The first-order valence-corrected chi connectivity index (χ1v) is 6.79. The minimum atomic E-state index is -0.970. The maximum absolute atomic E-state index is 12.5. The van der Waals surface area contributed by atoms with Gasteiger partial charge in [0.05, 0.1) is 25.7 Å². The molecule has 2 rings (SSSR count). The number of benzene rings is 1. The molecule has 5 nitrogen and oxygen atoms in total. The standard InChI is InChI=1S/C13H13Cl2NO4/c14-9-3-8(4-10(15)5-9)13(19)16-1-2-20-7-11(16)6-12(17)18/h3-5,11H,1-2,6-7H2,(H,17,18). The van der Waals surface area contributed by atoms with Gasteiger partial charge in [0, 0.05) is 22.2 Å². The van der Waals surface area contributed by atoms with Crippen LogP contribution in [-0.4, -0.2) is 47.7 Å². The Morgan fingerprint density at radius 2 is 1.95 bits per heavy atom. The lowest BCUT2D eigenvalue weighted by atomic mass is 10.1. The molecule has 20 heavy (non-hydrogen) atoms. The zero-order valence-corrected chi connectivity index (χ0v) is 12.0. The van der Waals surface area contributed by atoms with Gasteiger partial charge in [-0.1, -0.05) is 23.2 Å². The monoisotopic (exact) mass is 317 g/mol. The van der Waals surface area contributed by atoms with Crippen LogP contribution in [0.5, 0.6) is 0 Å². The van der Waals surface area contributed by atoms with Crippen LogP contribution in [0.4, 0.5) is 0 Å². The van der Waals surface area contributed by atoms with Crippen molar-refractivity contribution < 1.29 is 19.4 Å². The molecule has 7 heteroatoms. The molecular weight excluding hydrogens is 305 g/mol. The summed E-state index contributed by atoms with van der Waals surface area (Å²) >= 11 is 11.8. The van der Waals surface area contributed by atoms with Gasteiger partial charge in [0.1, 0.15) is 0 Å². The number of ether oxygens (including phenoxy) is 1. The largest absolute Gasteiger partial charge is 0.481 e. The summed E-state index contributed by atoms with van der Waals surface area (Å²) in [5.41, 5.74) is 0.347. The highest BCUT2D eigenvalue weighted by Crippen LogP contribution is 2.22. The molecule has 0 aromatic heterocycles. The average Bonchev–Trinajstić information content (AvgIpc) is 2.36. The molecule has 1 aromatic rings. The van der Waals surface area contributed by atoms with E-state index in [2.05, 4.69) is 0 Å². The molecular formula is C13H13Cl2NO4. The number of carbonyl (C=O) groups is 2. The summed E-state index contributed by atoms with van der Waals surface area (Å²) in [6.45, 7) is 0.948. The number of hydrogen-bond acceptors (Lipinski definition) is 3. The average molecular weight is 318 g/mol. The smallest absolute Gasteiger partial charge is 0.305 e. The Kier molecular flexibility index (Phi) is 4.86. The van der Waals surface area contributed by atoms with E-state index in [9.17, 15) is 9.59 Å². The molecule has 108 valence electrons. The van der Waals surface area contributed by atoms with E-state index in [0.29, 0.717) is 28.8 Å². The maximum atomic E-state index is 12.5. The van der Waals surface area contributed by atoms with Gasteiger partial charge >= 0.3 is 5.97 Å². The van der Waals surface area contributed by atoms with E-state index in [1.807, 2.05) is 0 Å². The summed E-state index contributed by atoms with van der Waals surface area (Å²) in [5, 5.41) is 9.62. The molecule has 1 N–H and O–H groups in total. The van der Waals surface area contributed by atoms with Crippen LogP contribution in [0.2, 0.25) is 10.0 Å². The molecule has 0 spiro atoms. The van der Waals surface area contributed by atoms with Crippen molar-refractivity contribution in [1.82, 2.24) is 4.90 Å². The van der Waals surface area contributed by atoms with Crippen LogP contribution in [0.3, 0.4) is 0 Å². The zero-order chi connectivity index (χ0) is 14.7. The van der Waals surface area contributed by atoms with Gasteiger partial charge in [-0.2, -0.15) is 0 Å². The number of amides is 1. The Bertz CT molecular complexity index is 515. The second kappa shape index (κ2) is 6.43. The number of morpholine rings is 1. The quantitative estimate of drug-likeness (QED) is 0.929. The van der Waals surface area contributed by atoms with Gasteiger partial charge in [-0.15, -0.1) is 0 Å². The summed E-state index contributed by atoms with van der Waals surface area (Å²) in [4.78, 5) is 24.8. The van der Waals surface area contributed by atoms with Crippen LogP contribution in [0.25, 0.3) is 0 Å². The van der Waals surface area contributed by atoms with Gasteiger partial charge in [0.15, 0.2) is 0 Å². The van der Waals surface area contributed by atoms with E-state index in [1.165, 1.54) is 23.1 Å². The third kappa shape index (κ3) is 3.62. The number of rotatable bonds is 3. The Morgan fingerprint density at radius 1 is 1.30 bits per heavy atom. The molecule has 1 aliphatic heterocycles. The molecule has 0 aliphatic carbocycles. The molecule has 1 aliphatic rings. The van der Waals surface area contributed by atoms with Crippen LogP contribution in [-0.2, 0) is 9.53 Å². The van der Waals surface area contributed by atoms with Crippen LogP contribution >= 0.6 is 23.2 Å². The van der Waals surface area contributed by atoms with Crippen LogP contribution in [0, 0.1) is 0 Å². The third-order valence-corrected chi connectivity index (χ3v) is 3.44. The number of carboxylic acid groups (broad SMARTS) is 1. The van der Waals surface area contributed by atoms with Crippen molar-refractivity contribution in [3.05, 3.63) is 33.8 Å². The Labute approximate surface area is 126 Å². The van der Waals surface area contributed by atoms with Crippen molar-refractivity contribution >= 4 is 35.1 Å². The topological polar surface area (TPSA) is 66.8 Å². The lowest BCUT2D eigenvalue weighted by Gasteiger charge is -2.35. The summed E-state index contributed by atoms with van der Waals surface area (Å²) < 4.78 is 5.24. The second-order valence-corrected chi connectivity index (χ2v) is 5.36. The van der Waals surface area contributed by atoms with E-state index in [1.54, 1.807) is 0 Å². The Hall–Kier alpha value is -1.30. The molecule has 1 saturated heterocycles. The first-order chi connectivity index (χ1) is 9.47. The van der Waals surface area contributed by atoms with Crippen molar-refractivity contribution in [3.8, 4) is 0 Å². The molecule has 1 fully saturated rings. The normalized spacial score (nSPS) is 18.9. The summed E-state index contributed by atoms with van der Waals surface area (Å²) in [7, 11) is 0. The highest BCUT2D eigenvalue weighted by Gasteiger charge is 2.30. The highest BCUT2D eigenvalue weighted by atomic mass is 35.5. The fraction of sp³-hybridized carbons (Fsp3) is 0.385. The third-order valence-electron chi connectivity index (χ3n) is 3.01. The Balaban J connectivity index is 2.22. The number of hydrogen-bond donors (Lipinski definition) is 1. The number of aliphatic carboxylic acids is 1. The fourth-order valence-corrected chi connectivity index (χ4v) is 2.66. The van der Waals surface area contributed by atoms with Crippen molar-refractivity contribution in [3.63, 3.8) is 0 Å². The zero-order valence-electron chi connectivity index (χ0n) is 10.5. The van der Waals surface area contributed by atoms with Gasteiger partial charge in [0.2, 0.25) is 0 Å². The predicted octanol–water partition coefficient (Wildman–Crippen LogP) is 2.31. The van der Waals surface area contributed by atoms with Crippen molar-refractivity contribution in [2.75, 3.05) is 19.8 Å². The predicted molar refractivity (Wildman–Crippen MR) is 74.4 cm³/mol. The summed E-state index contributed by atoms with van der Waals surface area (Å²) in [6, 6.07) is 4.09. The first kappa shape index (κ1) is 15.1. The van der Waals surface area contributed by atoms with E-state index >= 15 is 0 Å². The summed E-state index contributed by atoms with van der Waals surface area (Å²) in [6.07, 6.45) is -0.153. The molecule has 1 aromatic carbocycles. The van der Waals surface area contributed by atoms with Crippen LogP contribution < -0.4 is 0 Å². The van der Waals surface area contributed by atoms with E-state index in [-0.39, 0.29) is 18.9 Å². The fourth-order valence-electron chi connectivity index (χ4n) is 2.14. The van der Waals surface area contributed by atoms with Gasteiger partial charge in [-0.3, -0.25) is 9.59 Å². The second-order valence-electron chi connectivity index (χ2n) is 4.48. The Morgan fingerprint density at radius 3 is 2.55 bits per heavy atom. The lowest BCUT2D eigenvalue weighted by molar-refractivity contribution is -0.139. The number of carboxylic acids is 1. The number of carbonyl (C=O) groups excluding carboxylic acids is 1. The first-order valence-electron chi connectivity index (χ1n) is 6.04. The maximum Gasteiger partial charge on any atom is 0.305 e. The van der Waals surface area contributed by atoms with E-state index in [0.717, 1.165) is 0 Å². The van der Waals surface area contributed by atoms with Gasteiger partial charge in [-0.25, -0.2) is 0 Å². The minimum Gasteiger partial charge on any atom is -0.481 e. The SMILES string of the molecule is O=C(O)CC1COCCN1C(=O)c1cc(Cl)cc(Cl)c1. The molecule has 1 unspecified atom stereocenters.